The molecule has 0 amide bonds. The Morgan fingerprint density at radius 2 is 1.77 bits per heavy atom. The van der Waals surface area contributed by atoms with Crippen LogP contribution in [0.2, 0.25) is 0 Å². The van der Waals surface area contributed by atoms with E-state index < -0.39 is 0 Å². The second-order valence-corrected chi connectivity index (χ2v) is 14.0. The number of fused-ring (bicyclic) bond motifs is 4. The fourth-order valence-corrected chi connectivity index (χ4v) is 9.55. The maximum Gasteiger partial charge on any atom is 0.306 e. The first kappa shape index (κ1) is 25.6. The van der Waals surface area contributed by atoms with Gasteiger partial charge in [0.2, 0.25) is 0 Å². The Kier molecular flexibility index (Phi) is 6.82. The summed E-state index contributed by atoms with van der Waals surface area (Å²) < 4.78 is 5.82. The Bertz CT molecular complexity index is 890. The molecule has 2 saturated carbocycles. The van der Waals surface area contributed by atoms with E-state index in [1.807, 2.05) is 0 Å². The third kappa shape index (κ3) is 4.26. The lowest BCUT2D eigenvalue weighted by Gasteiger charge is -2.59. The summed E-state index contributed by atoms with van der Waals surface area (Å²) in [5.74, 6) is 1.77. The van der Waals surface area contributed by atoms with Crippen LogP contribution >= 0.6 is 0 Å². The number of aliphatic hydroxyl groups excluding tert-OH is 1. The van der Waals surface area contributed by atoms with Crippen LogP contribution < -0.4 is 0 Å². The topological polar surface area (TPSA) is 46.5 Å². The lowest BCUT2D eigenvalue weighted by atomic mass is 9.46. The summed E-state index contributed by atoms with van der Waals surface area (Å²) in [4.78, 5) is 12.6. The number of aliphatic hydroxyl groups is 1. The zero-order chi connectivity index (χ0) is 25.0. The number of carbonyl (C=O) groups is 1. The van der Waals surface area contributed by atoms with Crippen molar-refractivity contribution in [2.75, 3.05) is 0 Å². The Morgan fingerprint density at radius 1 is 1.03 bits per heavy atom. The van der Waals surface area contributed by atoms with Gasteiger partial charge >= 0.3 is 5.97 Å². The van der Waals surface area contributed by atoms with Gasteiger partial charge in [0.25, 0.3) is 0 Å². The van der Waals surface area contributed by atoms with Gasteiger partial charge in [-0.25, -0.2) is 0 Å². The van der Waals surface area contributed by atoms with E-state index in [0.717, 1.165) is 38.5 Å². The lowest BCUT2D eigenvalue weighted by molar-refractivity contribution is -0.151. The Labute approximate surface area is 214 Å². The van der Waals surface area contributed by atoms with Gasteiger partial charge in [-0.3, -0.25) is 4.79 Å². The number of hydrogen-bond donors (Lipinski definition) is 1. The normalized spacial score (nSPS) is 39.8. The Morgan fingerprint density at radius 3 is 2.51 bits per heavy atom. The molecule has 2 fully saturated rings. The highest BCUT2D eigenvalue weighted by atomic mass is 16.5. The van der Waals surface area contributed by atoms with Crippen molar-refractivity contribution in [3.8, 4) is 0 Å². The number of rotatable bonds is 5. The van der Waals surface area contributed by atoms with Gasteiger partial charge < -0.3 is 9.84 Å². The van der Waals surface area contributed by atoms with Crippen LogP contribution in [0.5, 0.6) is 0 Å². The molecule has 0 aromatic heterocycles. The molecule has 1 N–H and O–H groups in total. The fourth-order valence-electron chi connectivity index (χ4n) is 9.55. The van der Waals surface area contributed by atoms with E-state index in [9.17, 15) is 9.90 Å². The van der Waals surface area contributed by atoms with Crippen molar-refractivity contribution in [2.24, 2.45) is 34.0 Å². The van der Waals surface area contributed by atoms with E-state index in [2.05, 4.69) is 40.7 Å². The smallest absolute Gasteiger partial charge is 0.306 e. The maximum absolute atomic E-state index is 12.6. The highest BCUT2D eigenvalue weighted by molar-refractivity contribution is 5.69. The third-order valence-corrected chi connectivity index (χ3v) is 11.8. The second kappa shape index (κ2) is 9.34. The van der Waals surface area contributed by atoms with E-state index >= 15 is 0 Å². The lowest BCUT2D eigenvalue weighted by Crippen LogP contribution is -2.53. The van der Waals surface area contributed by atoms with Crippen molar-refractivity contribution < 1.29 is 14.6 Å². The maximum atomic E-state index is 12.6. The summed E-state index contributed by atoms with van der Waals surface area (Å²) in [6.07, 6.45) is 18.0. The quantitative estimate of drug-likeness (QED) is 0.405. The van der Waals surface area contributed by atoms with Gasteiger partial charge in [-0.15, -0.1) is 0 Å². The van der Waals surface area contributed by atoms with Crippen molar-refractivity contribution in [1.29, 1.82) is 0 Å². The molecule has 2 unspecified atom stereocenters. The minimum Gasteiger partial charge on any atom is -0.462 e. The molecule has 0 aromatic carbocycles. The van der Waals surface area contributed by atoms with Crippen molar-refractivity contribution in [3.05, 3.63) is 22.8 Å². The zero-order valence-corrected chi connectivity index (χ0v) is 23.1. The van der Waals surface area contributed by atoms with Crippen molar-refractivity contribution in [3.63, 3.8) is 0 Å². The van der Waals surface area contributed by atoms with E-state index in [4.69, 9.17) is 4.74 Å². The van der Waals surface area contributed by atoms with Gasteiger partial charge in [-0.05, 0) is 122 Å². The largest absolute Gasteiger partial charge is 0.462 e. The molecular weight excluding hydrogens is 432 g/mol. The molecule has 0 radical (unpaired) electrons. The molecule has 5 aliphatic rings. The van der Waals surface area contributed by atoms with Crippen LogP contribution in [0.4, 0.5) is 0 Å². The zero-order valence-electron chi connectivity index (χ0n) is 23.1. The van der Waals surface area contributed by atoms with Gasteiger partial charge in [0.1, 0.15) is 6.10 Å². The highest BCUT2D eigenvalue weighted by Crippen LogP contribution is 2.66. The van der Waals surface area contributed by atoms with Crippen LogP contribution in [-0.4, -0.2) is 23.3 Å². The van der Waals surface area contributed by atoms with Crippen molar-refractivity contribution >= 4 is 5.97 Å². The summed E-state index contributed by atoms with van der Waals surface area (Å²) in [6.45, 7) is 12.1. The first-order chi connectivity index (χ1) is 16.6. The van der Waals surface area contributed by atoms with Crippen LogP contribution in [0.1, 0.15) is 125 Å². The van der Waals surface area contributed by atoms with Crippen molar-refractivity contribution in [2.45, 2.75) is 137 Å². The average Bonchev–Trinajstić information content (AvgIpc) is 3.18. The number of allylic oxidation sites excluding steroid dienone is 4. The molecule has 6 atom stereocenters. The predicted molar refractivity (Wildman–Crippen MR) is 142 cm³/mol. The number of esters is 1. The van der Waals surface area contributed by atoms with Gasteiger partial charge in [-0.1, -0.05) is 52.7 Å². The molecule has 0 saturated heterocycles. The molecule has 5 aliphatic carbocycles. The van der Waals surface area contributed by atoms with Crippen LogP contribution in [0.3, 0.4) is 0 Å². The molecule has 0 aliphatic heterocycles. The monoisotopic (exact) mass is 482 g/mol. The second-order valence-electron chi connectivity index (χ2n) is 14.0. The Balaban J connectivity index is 1.27. The molecule has 35 heavy (non-hydrogen) atoms. The molecule has 196 valence electrons. The molecule has 3 nitrogen and oxygen atoms in total. The van der Waals surface area contributed by atoms with E-state index in [-0.39, 0.29) is 34.4 Å². The molecule has 0 bridgehead atoms. The van der Waals surface area contributed by atoms with E-state index in [0.29, 0.717) is 24.2 Å². The molecule has 0 heterocycles. The summed E-state index contributed by atoms with van der Waals surface area (Å²) in [5, 5.41) is 10.8. The minimum absolute atomic E-state index is 0.000376. The van der Waals surface area contributed by atoms with Gasteiger partial charge in [0.05, 0.1) is 6.10 Å². The summed E-state index contributed by atoms with van der Waals surface area (Å²) >= 11 is 0. The molecule has 0 spiro atoms. The van der Waals surface area contributed by atoms with Gasteiger partial charge in [0, 0.05) is 6.42 Å². The molecule has 5 rings (SSSR count). The summed E-state index contributed by atoms with van der Waals surface area (Å²) in [7, 11) is 0. The summed E-state index contributed by atoms with van der Waals surface area (Å²) in [5.41, 5.74) is 5.57. The standard InChI is InChI=1S/C32H50O3/c1-21(11-16-29(34)35-22-9-7-6-8-10-22)24-13-14-25-23-12-15-27-30(2,3)28(33)18-20-32(27,5)26(23)17-19-31(24,25)4/h14,21-22,24,27-28,33H,6-13,15-20H2,1-5H3/t21-,24-,27?,28?,31-,32-/m1/s1. The van der Waals surface area contributed by atoms with Gasteiger partial charge in [-0.2, -0.15) is 0 Å². The van der Waals surface area contributed by atoms with Crippen LogP contribution in [0, 0.1) is 34.0 Å². The third-order valence-electron chi connectivity index (χ3n) is 11.8. The number of hydrogen-bond acceptors (Lipinski definition) is 3. The van der Waals surface area contributed by atoms with E-state index in [1.165, 1.54) is 44.9 Å². The SMILES string of the molecule is C[C@H](CCC(=O)OC1CCCCC1)[C@H]1CC=C2C3=C(CC[C@@]21C)[C@@]1(C)CCC(O)C(C)(C)C1CC3. The first-order valence-electron chi connectivity index (χ1n) is 14.9. The van der Waals surface area contributed by atoms with Crippen LogP contribution in [0.25, 0.3) is 0 Å². The summed E-state index contributed by atoms with van der Waals surface area (Å²) in [6, 6.07) is 0. The minimum atomic E-state index is -0.169. The predicted octanol–water partition coefficient (Wildman–Crippen LogP) is 7.92. The molecular formula is C32H50O3. The van der Waals surface area contributed by atoms with Crippen LogP contribution in [-0.2, 0) is 9.53 Å². The fraction of sp³-hybridized carbons (Fsp3) is 0.844. The highest BCUT2D eigenvalue weighted by Gasteiger charge is 2.57. The van der Waals surface area contributed by atoms with Gasteiger partial charge in [0.15, 0.2) is 0 Å². The number of carbonyl (C=O) groups excluding carboxylic acids is 1. The first-order valence-corrected chi connectivity index (χ1v) is 14.9. The number of ether oxygens (including phenoxy) is 1. The van der Waals surface area contributed by atoms with Crippen molar-refractivity contribution in [1.82, 2.24) is 0 Å². The van der Waals surface area contributed by atoms with Crippen LogP contribution in [0.15, 0.2) is 22.8 Å². The van der Waals surface area contributed by atoms with E-state index in [1.54, 1.807) is 16.7 Å². The molecule has 3 heteroatoms. The Hall–Kier alpha value is -1.09. The molecule has 0 aromatic rings. The average molecular weight is 483 g/mol.